The molecule has 1 N–H and O–H groups in total. The van der Waals surface area contributed by atoms with Crippen molar-refractivity contribution in [3.63, 3.8) is 0 Å². The molecule has 4 aromatic rings. The molecule has 7 nitrogen and oxygen atoms in total. The highest BCUT2D eigenvalue weighted by Crippen LogP contribution is 2.37. The number of aryl methyl sites for hydroxylation is 1. The number of alkyl halides is 3. The molecule has 0 radical (unpaired) electrons. The molecule has 0 aliphatic rings. The molecule has 0 bridgehead atoms. The van der Waals surface area contributed by atoms with Gasteiger partial charge in [-0.05, 0) is 69.2 Å². The predicted octanol–water partition coefficient (Wildman–Crippen LogP) is 7.42. The van der Waals surface area contributed by atoms with Gasteiger partial charge in [0.15, 0.2) is 0 Å². The number of benzene rings is 4. The lowest BCUT2D eigenvalue weighted by atomic mass is 10.0. The van der Waals surface area contributed by atoms with Crippen LogP contribution in [0.5, 0.6) is 0 Å². The van der Waals surface area contributed by atoms with E-state index in [1.807, 2.05) is 25.1 Å². The first-order valence-electron chi connectivity index (χ1n) is 15.1. The maximum atomic E-state index is 14.6. The Morgan fingerprint density at radius 2 is 1.44 bits per heavy atom. The number of nitrogens with zero attached hydrogens (tertiary/aromatic N) is 2. The third-order valence-electron chi connectivity index (χ3n) is 7.36. The van der Waals surface area contributed by atoms with Crippen LogP contribution in [0.4, 0.5) is 18.9 Å². The van der Waals surface area contributed by atoms with Crippen molar-refractivity contribution in [3.8, 4) is 0 Å². The highest BCUT2D eigenvalue weighted by molar-refractivity contribution is 7.92. The highest BCUT2D eigenvalue weighted by atomic mass is 35.5. The van der Waals surface area contributed by atoms with Crippen molar-refractivity contribution < 1.29 is 31.2 Å². The molecule has 12 heteroatoms. The second kappa shape index (κ2) is 14.8. The molecule has 0 aliphatic heterocycles. The van der Waals surface area contributed by atoms with Crippen molar-refractivity contribution in [1.82, 2.24) is 10.2 Å². The molecule has 48 heavy (non-hydrogen) atoms. The normalized spacial score (nSPS) is 12.7. The van der Waals surface area contributed by atoms with Crippen molar-refractivity contribution >= 4 is 39.1 Å². The Hall–Kier alpha value is -4.35. The average Bonchev–Trinajstić information content (AvgIpc) is 3.01. The van der Waals surface area contributed by atoms with Gasteiger partial charge < -0.3 is 10.2 Å². The molecule has 1 atom stereocenters. The molecular weight excluding hydrogens is 663 g/mol. The number of nitrogens with one attached hydrogen (secondary N) is 1. The van der Waals surface area contributed by atoms with E-state index < -0.39 is 57.4 Å². The monoisotopic (exact) mass is 699 g/mol. The summed E-state index contributed by atoms with van der Waals surface area (Å²) in [7, 11) is -4.65. The molecule has 0 fully saturated rings. The SMILES string of the molecule is Cc1cccc(CN(C(=O)CN(c2cc(C(F)(F)F)ccc2Cl)S(=O)(=O)c2ccccc2)[C@@H](Cc2ccccc2)C(=O)NC(C)(C)C)c1. The van der Waals surface area contributed by atoms with Gasteiger partial charge in [-0.1, -0.05) is 90.0 Å². The number of carbonyl (C=O) groups excluding carboxylic acids is 2. The molecule has 0 aliphatic carbocycles. The van der Waals surface area contributed by atoms with Crippen molar-refractivity contribution in [1.29, 1.82) is 0 Å². The number of amides is 2. The minimum atomic E-state index is -4.82. The van der Waals surface area contributed by atoms with Crippen LogP contribution < -0.4 is 9.62 Å². The van der Waals surface area contributed by atoms with E-state index in [0.717, 1.165) is 23.3 Å². The lowest BCUT2D eigenvalue weighted by Crippen LogP contribution is -2.56. The first-order valence-corrected chi connectivity index (χ1v) is 16.9. The lowest BCUT2D eigenvalue weighted by molar-refractivity contribution is -0.140. The quantitative estimate of drug-likeness (QED) is 0.177. The van der Waals surface area contributed by atoms with Crippen LogP contribution in [0.15, 0.2) is 108 Å². The fraction of sp³-hybridized carbons (Fsp3) is 0.278. The fourth-order valence-electron chi connectivity index (χ4n) is 5.13. The minimum absolute atomic E-state index is 0.0794. The summed E-state index contributed by atoms with van der Waals surface area (Å²) in [5.41, 5.74) is -0.0626. The van der Waals surface area contributed by atoms with Crippen LogP contribution in [-0.2, 0) is 38.8 Å². The Labute approximate surface area is 284 Å². The van der Waals surface area contributed by atoms with Gasteiger partial charge in [0.05, 0.1) is 21.2 Å². The molecule has 0 saturated carbocycles. The van der Waals surface area contributed by atoms with E-state index in [1.165, 1.54) is 29.2 Å². The van der Waals surface area contributed by atoms with Crippen LogP contribution in [0.25, 0.3) is 0 Å². The summed E-state index contributed by atoms with van der Waals surface area (Å²) in [5.74, 6) is -1.31. The first kappa shape index (κ1) is 36.5. The van der Waals surface area contributed by atoms with Gasteiger partial charge in [0.2, 0.25) is 11.8 Å². The summed E-state index contributed by atoms with van der Waals surface area (Å²) in [6.45, 7) is 6.21. The summed E-state index contributed by atoms with van der Waals surface area (Å²) < 4.78 is 70.4. The number of hydrogen-bond donors (Lipinski definition) is 1. The number of rotatable bonds is 11. The second-order valence-electron chi connectivity index (χ2n) is 12.4. The van der Waals surface area contributed by atoms with Gasteiger partial charge in [0, 0.05) is 18.5 Å². The lowest BCUT2D eigenvalue weighted by Gasteiger charge is -2.35. The summed E-state index contributed by atoms with van der Waals surface area (Å²) >= 11 is 6.38. The van der Waals surface area contributed by atoms with Gasteiger partial charge >= 0.3 is 6.18 Å². The van der Waals surface area contributed by atoms with Crippen LogP contribution in [-0.4, -0.2) is 43.3 Å². The van der Waals surface area contributed by atoms with Crippen LogP contribution in [0.2, 0.25) is 5.02 Å². The summed E-state index contributed by atoms with van der Waals surface area (Å²) in [6.07, 6.45) is -4.75. The van der Waals surface area contributed by atoms with E-state index in [4.69, 9.17) is 11.6 Å². The van der Waals surface area contributed by atoms with Crippen LogP contribution in [0.1, 0.15) is 43.0 Å². The van der Waals surface area contributed by atoms with Crippen molar-refractivity contribution in [2.45, 2.75) is 63.3 Å². The standard InChI is InChI=1S/C36H37ClF3N3O4S/c1-25-12-11-15-27(20-25)23-42(32(34(45)41-35(2,3)4)21-26-13-7-5-8-14-26)33(44)24-43(48(46,47)29-16-9-6-10-17-29)31-22-28(36(38,39)40)18-19-30(31)37/h5-20,22,32H,21,23-24H2,1-4H3,(H,41,45)/t32-/m0/s1. The number of carbonyl (C=O) groups is 2. The molecule has 0 spiro atoms. The minimum Gasteiger partial charge on any atom is -0.350 e. The van der Waals surface area contributed by atoms with Gasteiger partial charge in [-0.2, -0.15) is 13.2 Å². The van der Waals surface area contributed by atoms with Gasteiger partial charge in [-0.15, -0.1) is 0 Å². The zero-order chi connectivity index (χ0) is 35.3. The predicted molar refractivity (Wildman–Crippen MR) is 181 cm³/mol. The Morgan fingerprint density at radius 1 is 0.833 bits per heavy atom. The third kappa shape index (κ3) is 9.38. The number of sulfonamides is 1. The van der Waals surface area contributed by atoms with Crippen molar-refractivity contribution in [2.24, 2.45) is 0 Å². The van der Waals surface area contributed by atoms with E-state index in [-0.39, 0.29) is 22.9 Å². The molecular formula is C36H37ClF3N3O4S. The zero-order valence-electron chi connectivity index (χ0n) is 27.0. The van der Waals surface area contributed by atoms with Gasteiger partial charge in [-0.25, -0.2) is 8.42 Å². The second-order valence-corrected chi connectivity index (χ2v) is 14.7. The van der Waals surface area contributed by atoms with Gasteiger partial charge in [-0.3, -0.25) is 13.9 Å². The van der Waals surface area contributed by atoms with Gasteiger partial charge in [0.25, 0.3) is 10.0 Å². The van der Waals surface area contributed by atoms with Crippen LogP contribution in [0, 0.1) is 6.92 Å². The van der Waals surface area contributed by atoms with Crippen molar-refractivity contribution in [3.05, 3.63) is 130 Å². The first-order chi connectivity index (χ1) is 22.5. The Balaban J connectivity index is 1.88. The summed E-state index contributed by atoms with van der Waals surface area (Å²) in [4.78, 5) is 29.5. The van der Waals surface area contributed by atoms with E-state index >= 15 is 0 Å². The van der Waals surface area contributed by atoms with Gasteiger partial charge in [0.1, 0.15) is 12.6 Å². The molecule has 0 saturated heterocycles. The Bertz CT molecular complexity index is 1850. The Kier molecular flexibility index (Phi) is 11.3. The van der Waals surface area contributed by atoms with Crippen molar-refractivity contribution in [2.75, 3.05) is 10.8 Å². The summed E-state index contributed by atoms with van der Waals surface area (Å²) in [5, 5.41) is 2.62. The summed E-state index contributed by atoms with van der Waals surface area (Å²) in [6, 6.07) is 24.5. The van der Waals surface area contributed by atoms with Crippen LogP contribution >= 0.6 is 11.6 Å². The maximum absolute atomic E-state index is 14.6. The van der Waals surface area contributed by atoms with E-state index in [0.29, 0.717) is 15.9 Å². The van der Waals surface area contributed by atoms with E-state index in [9.17, 15) is 31.2 Å². The molecule has 0 aromatic heterocycles. The zero-order valence-corrected chi connectivity index (χ0v) is 28.5. The Morgan fingerprint density at radius 3 is 2.02 bits per heavy atom. The van der Waals surface area contributed by atoms with E-state index in [1.54, 1.807) is 63.2 Å². The molecule has 0 heterocycles. The average molecular weight is 700 g/mol. The molecule has 0 unspecified atom stereocenters. The molecule has 254 valence electrons. The topological polar surface area (TPSA) is 86.8 Å². The van der Waals surface area contributed by atoms with Crippen LogP contribution in [0.3, 0.4) is 0 Å². The molecule has 4 rings (SSSR count). The number of anilines is 1. The maximum Gasteiger partial charge on any atom is 0.416 e. The fourth-order valence-corrected chi connectivity index (χ4v) is 6.84. The van der Waals surface area contributed by atoms with E-state index in [2.05, 4.69) is 5.32 Å². The molecule has 4 aromatic carbocycles. The smallest absolute Gasteiger partial charge is 0.350 e. The number of hydrogen-bond acceptors (Lipinski definition) is 4. The number of halogens is 4. The highest BCUT2D eigenvalue weighted by Gasteiger charge is 2.38. The third-order valence-corrected chi connectivity index (χ3v) is 9.45. The molecule has 2 amide bonds. The largest absolute Gasteiger partial charge is 0.416 e.